The monoisotopic (exact) mass is 299 g/mol. The van der Waals surface area contributed by atoms with Gasteiger partial charge in [0.25, 0.3) is 6.43 Å². The van der Waals surface area contributed by atoms with E-state index in [0.29, 0.717) is 17.7 Å². The molecule has 0 unspecified atom stereocenters. The minimum Gasteiger partial charge on any atom is -0.488 e. The molecule has 0 aromatic heterocycles. The van der Waals surface area contributed by atoms with E-state index in [1.165, 1.54) is 36.9 Å². The summed E-state index contributed by atoms with van der Waals surface area (Å²) < 4.78 is 45.3. The van der Waals surface area contributed by atoms with Gasteiger partial charge in [-0.15, -0.1) is 0 Å². The van der Waals surface area contributed by atoms with E-state index in [9.17, 15) is 18.0 Å². The lowest BCUT2D eigenvalue weighted by Crippen LogP contribution is -2.44. The van der Waals surface area contributed by atoms with Gasteiger partial charge in [-0.1, -0.05) is 0 Å². The van der Waals surface area contributed by atoms with Crippen molar-refractivity contribution in [1.82, 2.24) is 4.90 Å². The average molecular weight is 299 g/mol. The molecular weight excluding hydrogens is 283 g/mol. The van der Waals surface area contributed by atoms with Crippen LogP contribution in [-0.4, -0.2) is 29.9 Å². The molecule has 21 heavy (non-hydrogen) atoms. The third-order valence-corrected chi connectivity index (χ3v) is 4.24. The van der Waals surface area contributed by atoms with Gasteiger partial charge in [0.05, 0.1) is 12.6 Å². The zero-order chi connectivity index (χ0) is 15.4. The van der Waals surface area contributed by atoms with E-state index in [1.807, 2.05) is 0 Å². The molecule has 1 aromatic rings. The van der Waals surface area contributed by atoms with Crippen LogP contribution in [0.25, 0.3) is 0 Å². The van der Waals surface area contributed by atoms with Crippen LogP contribution in [-0.2, 0) is 4.79 Å². The van der Waals surface area contributed by atoms with Gasteiger partial charge in [-0.3, -0.25) is 4.79 Å². The van der Waals surface area contributed by atoms with Crippen molar-refractivity contribution >= 4 is 5.91 Å². The number of halogens is 3. The molecule has 0 N–H and O–H groups in total. The lowest BCUT2D eigenvalue weighted by atomic mass is 9.91. The van der Waals surface area contributed by atoms with Crippen LogP contribution in [0.1, 0.15) is 31.9 Å². The summed E-state index contributed by atoms with van der Waals surface area (Å²) in [6, 6.07) is 3.74. The lowest BCUT2D eigenvalue weighted by Gasteiger charge is -2.32. The van der Waals surface area contributed by atoms with E-state index in [-0.39, 0.29) is 18.7 Å². The lowest BCUT2D eigenvalue weighted by molar-refractivity contribution is -0.149. The number of hydrogen-bond acceptors (Lipinski definition) is 2. The number of rotatable bonds is 2. The molecule has 3 nitrogen and oxygen atoms in total. The quantitative estimate of drug-likeness (QED) is 0.839. The summed E-state index contributed by atoms with van der Waals surface area (Å²) in [6.45, 7) is 2.72. The van der Waals surface area contributed by atoms with Crippen molar-refractivity contribution < 1.29 is 22.7 Å². The van der Waals surface area contributed by atoms with Crippen LogP contribution in [0.4, 0.5) is 13.2 Å². The molecule has 2 heterocycles. The molecule has 1 amide bonds. The zero-order valence-corrected chi connectivity index (χ0v) is 11.8. The number of amides is 1. The van der Waals surface area contributed by atoms with Crippen molar-refractivity contribution in [2.45, 2.75) is 38.8 Å². The summed E-state index contributed by atoms with van der Waals surface area (Å²) in [4.78, 5) is 13.8. The van der Waals surface area contributed by atoms with Gasteiger partial charge in [-0.2, -0.15) is 0 Å². The molecule has 1 fully saturated rings. The van der Waals surface area contributed by atoms with Crippen LogP contribution in [0.3, 0.4) is 0 Å². The fourth-order valence-electron chi connectivity index (χ4n) is 2.93. The molecule has 1 saturated heterocycles. The number of fused-ring (bicyclic) bond motifs is 4. The highest BCUT2D eigenvalue weighted by Crippen LogP contribution is 2.45. The number of benzene rings is 1. The van der Waals surface area contributed by atoms with Crippen LogP contribution in [0.15, 0.2) is 18.2 Å². The van der Waals surface area contributed by atoms with Gasteiger partial charge in [-0.05, 0) is 32.0 Å². The maximum absolute atomic E-state index is 13.4. The molecule has 2 aliphatic heterocycles. The summed E-state index contributed by atoms with van der Waals surface area (Å²) in [6.07, 6.45) is -2.45. The summed E-state index contributed by atoms with van der Waals surface area (Å²) in [7, 11) is 0. The second-order valence-corrected chi connectivity index (χ2v) is 6.15. The average Bonchev–Trinajstić information content (AvgIpc) is 2.77. The van der Waals surface area contributed by atoms with Crippen LogP contribution in [0, 0.1) is 11.2 Å². The van der Waals surface area contributed by atoms with Gasteiger partial charge in [0, 0.05) is 12.0 Å². The predicted molar refractivity (Wildman–Crippen MR) is 69.7 cm³/mol. The fraction of sp³-hybridized carbons (Fsp3) is 0.533. The van der Waals surface area contributed by atoms with Gasteiger partial charge in [-0.25, -0.2) is 13.2 Å². The Morgan fingerprint density at radius 2 is 2.14 bits per heavy atom. The molecular formula is C15H16F3NO2. The molecule has 6 heteroatoms. The van der Waals surface area contributed by atoms with Crippen molar-refractivity contribution in [2.75, 3.05) is 6.54 Å². The fourth-order valence-corrected chi connectivity index (χ4v) is 2.93. The molecule has 0 radical (unpaired) electrons. The van der Waals surface area contributed by atoms with Gasteiger partial charge in [0.1, 0.15) is 23.1 Å². The standard InChI is InChI=1S/C15H16F3NO2/c1-15(2,13(17)18)14(20)19-7-9-6-11(19)10-5-8(16)3-4-12(10)21-9/h3-5,9,11,13H,6-7H2,1-2H3/t9-,11-/m0/s1. The number of ether oxygens (including phenoxy) is 1. The van der Waals surface area contributed by atoms with Gasteiger partial charge in [0.2, 0.25) is 5.91 Å². The maximum Gasteiger partial charge on any atom is 0.252 e. The highest BCUT2D eigenvalue weighted by molar-refractivity contribution is 5.83. The van der Waals surface area contributed by atoms with Crippen molar-refractivity contribution in [3.8, 4) is 5.75 Å². The number of likely N-dealkylation sites (tertiary alicyclic amines) is 1. The normalized spacial score (nSPS) is 24.0. The Balaban J connectivity index is 1.95. The Morgan fingerprint density at radius 1 is 1.43 bits per heavy atom. The van der Waals surface area contributed by atoms with E-state index in [0.717, 1.165) is 0 Å². The Morgan fingerprint density at radius 3 is 2.81 bits per heavy atom. The molecule has 2 bridgehead atoms. The Bertz CT molecular complexity index is 588. The Kier molecular flexibility index (Phi) is 3.15. The van der Waals surface area contributed by atoms with Crippen molar-refractivity contribution in [3.05, 3.63) is 29.6 Å². The van der Waals surface area contributed by atoms with Crippen LogP contribution >= 0.6 is 0 Å². The molecule has 0 spiro atoms. The molecule has 0 saturated carbocycles. The number of hydrogen-bond donors (Lipinski definition) is 0. The third-order valence-electron chi connectivity index (χ3n) is 4.24. The first-order valence-corrected chi connectivity index (χ1v) is 6.86. The Hall–Kier alpha value is -1.72. The van der Waals surface area contributed by atoms with Crippen LogP contribution in [0.5, 0.6) is 5.75 Å². The SMILES string of the molecule is CC(C)(C(=O)N1C[C@@H]2C[C@H]1c1cc(F)ccc1O2)C(F)F. The first-order valence-electron chi connectivity index (χ1n) is 6.86. The second-order valence-electron chi connectivity index (χ2n) is 6.15. The summed E-state index contributed by atoms with van der Waals surface area (Å²) in [5.74, 6) is -0.517. The van der Waals surface area contributed by atoms with Crippen molar-refractivity contribution in [3.63, 3.8) is 0 Å². The Labute approximate surface area is 120 Å². The van der Waals surface area contributed by atoms with E-state index in [1.54, 1.807) is 0 Å². The topological polar surface area (TPSA) is 29.5 Å². The minimum atomic E-state index is -2.75. The van der Waals surface area contributed by atoms with Crippen molar-refractivity contribution in [2.24, 2.45) is 5.41 Å². The highest BCUT2D eigenvalue weighted by Gasteiger charge is 2.49. The van der Waals surface area contributed by atoms with E-state index < -0.39 is 23.6 Å². The summed E-state index contributed by atoms with van der Waals surface area (Å²) in [5.41, 5.74) is -1.20. The molecule has 2 atom stereocenters. The number of carbonyl (C=O) groups is 1. The minimum absolute atomic E-state index is 0.217. The number of carbonyl (C=O) groups excluding carboxylic acids is 1. The van der Waals surface area contributed by atoms with E-state index in [4.69, 9.17) is 4.74 Å². The highest BCUT2D eigenvalue weighted by atomic mass is 19.3. The molecule has 0 aliphatic carbocycles. The number of nitrogens with zero attached hydrogens (tertiary/aromatic N) is 1. The first kappa shape index (κ1) is 14.2. The number of alkyl halides is 2. The predicted octanol–water partition coefficient (Wildman–Crippen LogP) is 3.15. The smallest absolute Gasteiger partial charge is 0.252 e. The van der Waals surface area contributed by atoms with E-state index in [2.05, 4.69) is 0 Å². The molecule has 1 aromatic carbocycles. The summed E-state index contributed by atoms with van der Waals surface area (Å²) in [5, 5.41) is 0. The van der Waals surface area contributed by atoms with Gasteiger partial charge >= 0.3 is 0 Å². The van der Waals surface area contributed by atoms with E-state index >= 15 is 0 Å². The first-order chi connectivity index (χ1) is 9.80. The largest absolute Gasteiger partial charge is 0.488 e. The summed E-state index contributed by atoms with van der Waals surface area (Å²) >= 11 is 0. The maximum atomic E-state index is 13.4. The third kappa shape index (κ3) is 2.17. The zero-order valence-electron chi connectivity index (χ0n) is 11.8. The van der Waals surface area contributed by atoms with Gasteiger partial charge in [0.15, 0.2) is 0 Å². The molecule has 3 rings (SSSR count). The van der Waals surface area contributed by atoms with Crippen LogP contribution < -0.4 is 4.74 Å². The van der Waals surface area contributed by atoms with Gasteiger partial charge < -0.3 is 9.64 Å². The van der Waals surface area contributed by atoms with Crippen LogP contribution in [0.2, 0.25) is 0 Å². The second kappa shape index (κ2) is 4.64. The van der Waals surface area contributed by atoms with Crippen molar-refractivity contribution in [1.29, 1.82) is 0 Å². The molecule has 114 valence electrons. The molecule has 2 aliphatic rings.